The van der Waals surface area contributed by atoms with Gasteiger partial charge in [0.15, 0.2) is 5.82 Å². The summed E-state index contributed by atoms with van der Waals surface area (Å²) in [6, 6.07) is 40.5. The number of morpholine rings is 1. The number of nitrogens with one attached hydrogen (secondary N) is 2. The minimum atomic E-state index is -4.29. The number of anilines is 3. The number of thioether (sulfide) groups is 1. The molecule has 6 aromatic carbocycles. The molecule has 0 aliphatic carbocycles. The molecule has 65 heavy (non-hydrogen) atoms. The van der Waals surface area contributed by atoms with Gasteiger partial charge in [-0.25, -0.2) is 18.4 Å². The fraction of sp³-hybridized carbons (Fsp3) is 0.265. The molecule has 3 heterocycles. The number of piperazine rings is 1. The molecule has 13 nitrogen and oxygen atoms in total. The first-order valence-corrected chi connectivity index (χ1v) is 24.6. The first-order chi connectivity index (χ1) is 31.7. The molecule has 7 aromatic rings. The molecule has 0 radical (unpaired) electrons. The highest BCUT2D eigenvalue weighted by Gasteiger charge is 2.26. The Morgan fingerprint density at radius 3 is 2.35 bits per heavy atom. The molecule has 0 spiro atoms. The van der Waals surface area contributed by atoms with Gasteiger partial charge in [0, 0.05) is 91.2 Å². The van der Waals surface area contributed by atoms with Gasteiger partial charge in [0.05, 0.1) is 28.5 Å². The van der Waals surface area contributed by atoms with Gasteiger partial charge in [0.25, 0.3) is 15.7 Å². The van der Waals surface area contributed by atoms with Crippen LogP contribution in [0.15, 0.2) is 144 Å². The van der Waals surface area contributed by atoms with E-state index in [2.05, 4.69) is 83.2 Å². The molecule has 1 atom stereocenters. The van der Waals surface area contributed by atoms with Crippen LogP contribution in [-0.2, 0) is 21.3 Å². The van der Waals surface area contributed by atoms with Crippen molar-refractivity contribution in [1.29, 1.82) is 0 Å². The minimum Gasteiger partial charge on any atom is -0.379 e. The van der Waals surface area contributed by atoms with Crippen LogP contribution >= 0.6 is 23.4 Å². The van der Waals surface area contributed by atoms with E-state index in [1.54, 1.807) is 11.8 Å². The number of nitrogens with zero attached hydrogens (tertiary/aromatic N) is 6. The zero-order valence-corrected chi connectivity index (χ0v) is 38.1. The first-order valence-electron chi connectivity index (χ1n) is 21.7. The predicted molar refractivity (Wildman–Crippen MR) is 262 cm³/mol. The fourth-order valence-electron chi connectivity index (χ4n) is 8.57. The van der Waals surface area contributed by atoms with Crippen LogP contribution in [0.5, 0.6) is 0 Å². The smallest absolute Gasteiger partial charge is 0.293 e. The highest BCUT2D eigenvalue weighted by Crippen LogP contribution is 2.35. The number of nitro groups is 1. The molecular weight excluding hydrogens is 880 g/mol. The van der Waals surface area contributed by atoms with Crippen LogP contribution in [0.4, 0.5) is 22.9 Å². The summed E-state index contributed by atoms with van der Waals surface area (Å²) in [5.74, 6) is 0.744. The van der Waals surface area contributed by atoms with Gasteiger partial charge in [-0.05, 0) is 88.5 Å². The summed E-state index contributed by atoms with van der Waals surface area (Å²) in [5, 5.41) is 19.5. The van der Waals surface area contributed by atoms with Crippen molar-refractivity contribution >= 4 is 77.9 Å². The van der Waals surface area contributed by atoms with Crippen molar-refractivity contribution in [2.45, 2.75) is 28.8 Å². The largest absolute Gasteiger partial charge is 0.379 e. The maximum absolute atomic E-state index is 13.9. The molecule has 16 heteroatoms. The summed E-state index contributed by atoms with van der Waals surface area (Å²) in [6.45, 7) is 7.91. The second kappa shape index (κ2) is 20.1. The zero-order chi connectivity index (χ0) is 44.8. The lowest BCUT2D eigenvalue weighted by Crippen LogP contribution is -2.46. The number of benzene rings is 6. The van der Waals surface area contributed by atoms with E-state index in [1.165, 1.54) is 40.4 Å². The molecule has 2 fully saturated rings. The number of aromatic nitrogens is 2. The Hall–Kier alpha value is -5.81. The van der Waals surface area contributed by atoms with Crippen molar-refractivity contribution < 1.29 is 18.1 Å². The van der Waals surface area contributed by atoms with E-state index in [-0.39, 0.29) is 28.1 Å². The SMILES string of the molecule is O=[N+]([O-])c1cc(S(=O)(=O)Nc2ncnc3cc(N4CCN(Cc5ccc6ccccc6c5-c5ccc(Cl)cc5)CC4)ccc23)ccc1NC(CCN1CCOCC1)CSc1ccccc1. The average Bonchev–Trinajstić information content (AvgIpc) is 3.33. The number of rotatable bonds is 16. The molecule has 1 unspecified atom stereocenters. The Balaban J connectivity index is 0.875. The molecule has 334 valence electrons. The van der Waals surface area contributed by atoms with Gasteiger partial charge in [-0.1, -0.05) is 78.3 Å². The Labute approximate surface area is 388 Å². The van der Waals surface area contributed by atoms with Crippen molar-refractivity contribution in [3.63, 3.8) is 0 Å². The van der Waals surface area contributed by atoms with Gasteiger partial charge < -0.3 is 15.0 Å². The van der Waals surface area contributed by atoms with Crippen molar-refractivity contribution in [2.75, 3.05) is 79.7 Å². The molecule has 1 aromatic heterocycles. The van der Waals surface area contributed by atoms with Gasteiger partial charge in [0.2, 0.25) is 0 Å². The van der Waals surface area contributed by atoms with Gasteiger partial charge in [-0.3, -0.25) is 24.6 Å². The lowest BCUT2D eigenvalue weighted by atomic mass is 9.93. The molecule has 0 bridgehead atoms. The van der Waals surface area contributed by atoms with Gasteiger partial charge in [0.1, 0.15) is 12.0 Å². The number of sulfonamides is 1. The summed E-state index contributed by atoms with van der Waals surface area (Å²) in [4.78, 5) is 28.7. The zero-order valence-electron chi connectivity index (χ0n) is 35.7. The monoisotopic (exact) mass is 928 g/mol. The van der Waals surface area contributed by atoms with Crippen molar-refractivity contribution in [2.24, 2.45) is 0 Å². The van der Waals surface area contributed by atoms with Gasteiger partial charge in [-0.2, -0.15) is 0 Å². The Morgan fingerprint density at radius 1 is 0.800 bits per heavy atom. The van der Waals surface area contributed by atoms with Crippen LogP contribution in [-0.4, -0.2) is 104 Å². The van der Waals surface area contributed by atoms with Crippen LogP contribution < -0.4 is 14.9 Å². The maximum Gasteiger partial charge on any atom is 0.293 e. The first kappa shape index (κ1) is 44.4. The molecular formula is C49H49ClN8O5S2. The topological polar surface area (TPSA) is 146 Å². The minimum absolute atomic E-state index is 0.0872. The van der Waals surface area contributed by atoms with Gasteiger partial charge in [-0.15, -0.1) is 11.8 Å². The van der Waals surface area contributed by atoms with E-state index >= 15 is 0 Å². The quantitative estimate of drug-likeness (QED) is 0.0541. The van der Waals surface area contributed by atoms with Crippen molar-refractivity contribution in [1.82, 2.24) is 19.8 Å². The molecule has 0 amide bonds. The second-order valence-electron chi connectivity index (χ2n) is 16.3. The summed E-state index contributed by atoms with van der Waals surface area (Å²) in [6.07, 6.45) is 2.06. The van der Waals surface area contributed by atoms with E-state index < -0.39 is 14.9 Å². The fourth-order valence-corrected chi connectivity index (χ4v) is 10.7. The average molecular weight is 930 g/mol. The number of hydrogen-bond donors (Lipinski definition) is 2. The van der Waals surface area contributed by atoms with E-state index in [9.17, 15) is 18.5 Å². The molecule has 9 rings (SSSR count). The highest BCUT2D eigenvalue weighted by molar-refractivity contribution is 7.99. The standard InChI is InChI=1S/C49H49ClN8O5S2/c50-38-14-12-36(13-15-38)48-37(11-10-35-6-4-5-9-43(35)48)32-56-22-24-57(25-23-56)40-16-18-44-46(30-40)51-34-52-49(44)54-65(61,62)42-17-19-45(47(31-42)58(59)60)53-39(20-21-55-26-28-63-29-27-55)33-64-41-7-2-1-3-8-41/h1-19,30-31,34,39,53H,20-29,32-33H2,(H,51,52,54). The summed E-state index contributed by atoms with van der Waals surface area (Å²) >= 11 is 7.93. The third kappa shape index (κ3) is 10.7. The summed E-state index contributed by atoms with van der Waals surface area (Å²) < 4.78 is 35.9. The Kier molecular flexibility index (Phi) is 13.8. The number of fused-ring (bicyclic) bond motifs is 2. The van der Waals surface area contributed by atoms with Gasteiger partial charge >= 0.3 is 0 Å². The van der Waals surface area contributed by atoms with Crippen molar-refractivity contribution in [3.05, 3.63) is 154 Å². The molecule has 2 aliphatic rings. The van der Waals surface area contributed by atoms with Crippen LogP contribution in [0, 0.1) is 10.1 Å². The third-order valence-electron chi connectivity index (χ3n) is 12.1. The van der Waals surface area contributed by atoms with Crippen molar-refractivity contribution in [3.8, 4) is 11.1 Å². The van der Waals surface area contributed by atoms with Crippen LogP contribution in [0.25, 0.3) is 32.8 Å². The van der Waals surface area contributed by atoms with Crippen LogP contribution in [0.1, 0.15) is 12.0 Å². The third-order valence-corrected chi connectivity index (χ3v) is 14.8. The van der Waals surface area contributed by atoms with E-state index in [4.69, 9.17) is 16.3 Å². The van der Waals surface area contributed by atoms with Crippen LogP contribution in [0.2, 0.25) is 5.02 Å². The van der Waals surface area contributed by atoms with E-state index in [1.807, 2.05) is 60.7 Å². The second-order valence-corrected chi connectivity index (χ2v) is 19.5. The number of hydrogen-bond acceptors (Lipinski definition) is 12. The molecule has 2 N–H and O–H groups in total. The number of nitro benzene ring substituents is 1. The van der Waals surface area contributed by atoms with Crippen LogP contribution in [0.3, 0.4) is 0 Å². The maximum atomic E-state index is 13.9. The number of halogens is 1. The Morgan fingerprint density at radius 2 is 1.57 bits per heavy atom. The summed E-state index contributed by atoms with van der Waals surface area (Å²) in [5.41, 5.74) is 5.10. The lowest BCUT2D eigenvalue weighted by Gasteiger charge is -2.36. The lowest BCUT2D eigenvalue weighted by molar-refractivity contribution is -0.384. The Bertz CT molecular complexity index is 2900. The summed E-state index contributed by atoms with van der Waals surface area (Å²) in [7, 11) is -4.29. The van der Waals surface area contributed by atoms with E-state index in [0.29, 0.717) is 34.9 Å². The molecule has 2 saturated heterocycles. The number of ether oxygens (including phenoxy) is 1. The predicted octanol–water partition coefficient (Wildman–Crippen LogP) is 9.43. The van der Waals surface area contributed by atoms with E-state index in [0.717, 1.165) is 81.0 Å². The normalized spacial score (nSPS) is 15.6. The molecule has 2 aliphatic heterocycles. The molecule has 0 saturated carbocycles. The highest BCUT2D eigenvalue weighted by atomic mass is 35.5.